The highest BCUT2D eigenvalue weighted by Crippen LogP contribution is 1.99. The molecule has 1 aromatic rings. The highest BCUT2D eigenvalue weighted by molar-refractivity contribution is 5.68. The molecule has 6 heteroatoms. The standard InChI is InChI=1S/C9H14N4O2/c1-2-11-9-12-4-7(5-13-9)3-10-6-8(14)15/h4-5,10H,2-3,6H2,1H3,(H,14,15)(H,11,12,13). The van der Waals surface area contributed by atoms with Gasteiger partial charge >= 0.3 is 5.97 Å². The first-order chi connectivity index (χ1) is 7.22. The smallest absolute Gasteiger partial charge is 0.317 e. The van der Waals surface area contributed by atoms with Crippen molar-refractivity contribution in [2.75, 3.05) is 18.4 Å². The lowest BCUT2D eigenvalue weighted by molar-refractivity contribution is -0.135. The zero-order valence-corrected chi connectivity index (χ0v) is 8.53. The van der Waals surface area contributed by atoms with Gasteiger partial charge in [-0.15, -0.1) is 0 Å². The zero-order chi connectivity index (χ0) is 11.1. The van der Waals surface area contributed by atoms with Crippen molar-refractivity contribution in [1.29, 1.82) is 0 Å². The zero-order valence-electron chi connectivity index (χ0n) is 8.53. The van der Waals surface area contributed by atoms with Crippen LogP contribution in [0.25, 0.3) is 0 Å². The number of anilines is 1. The summed E-state index contributed by atoms with van der Waals surface area (Å²) in [5.41, 5.74) is 0.859. The van der Waals surface area contributed by atoms with Crippen molar-refractivity contribution in [3.8, 4) is 0 Å². The summed E-state index contributed by atoms with van der Waals surface area (Å²) in [7, 11) is 0. The van der Waals surface area contributed by atoms with E-state index in [0.717, 1.165) is 12.1 Å². The number of carboxylic acids is 1. The SMILES string of the molecule is CCNc1ncc(CNCC(=O)O)cn1. The van der Waals surface area contributed by atoms with E-state index in [4.69, 9.17) is 5.11 Å². The van der Waals surface area contributed by atoms with E-state index >= 15 is 0 Å². The molecule has 0 radical (unpaired) electrons. The van der Waals surface area contributed by atoms with Gasteiger partial charge in [-0.1, -0.05) is 0 Å². The minimum atomic E-state index is -0.875. The van der Waals surface area contributed by atoms with Crippen LogP contribution in [-0.2, 0) is 11.3 Å². The van der Waals surface area contributed by atoms with Crippen molar-refractivity contribution >= 4 is 11.9 Å². The Morgan fingerprint density at radius 1 is 1.47 bits per heavy atom. The number of nitrogens with one attached hydrogen (secondary N) is 2. The molecule has 82 valence electrons. The van der Waals surface area contributed by atoms with Gasteiger partial charge in [0.15, 0.2) is 0 Å². The Labute approximate surface area is 87.8 Å². The normalized spacial score (nSPS) is 9.93. The van der Waals surface area contributed by atoms with Crippen molar-refractivity contribution < 1.29 is 9.90 Å². The van der Waals surface area contributed by atoms with Crippen LogP contribution >= 0.6 is 0 Å². The van der Waals surface area contributed by atoms with Gasteiger partial charge in [-0.05, 0) is 6.92 Å². The predicted octanol–water partition coefficient (Wildman–Crippen LogP) is 0.0826. The molecule has 0 bridgehead atoms. The summed E-state index contributed by atoms with van der Waals surface area (Å²) in [5.74, 6) is -0.292. The maximum Gasteiger partial charge on any atom is 0.317 e. The molecule has 0 aliphatic heterocycles. The summed E-state index contributed by atoms with van der Waals surface area (Å²) >= 11 is 0. The van der Waals surface area contributed by atoms with Gasteiger partial charge in [0.25, 0.3) is 0 Å². The van der Waals surface area contributed by atoms with Crippen LogP contribution in [0.4, 0.5) is 5.95 Å². The van der Waals surface area contributed by atoms with Crippen LogP contribution in [0.1, 0.15) is 12.5 Å². The number of hydrogen-bond donors (Lipinski definition) is 3. The highest BCUT2D eigenvalue weighted by Gasteiger charge is 1.98. The van der Waals surface area contributed by atoms with Crippen LogP contribution in [0.3, 0.4) is 0 Å². The van der Waals surface area contributed by atoms with Gasteiger partial charge in [-0.2, -0.15) is 0 Å². The number of aliphatic carboxylic acids is 1. The van der Waals surface area contributed by atoms with E-state index < -0.39 is 5.97 Å². The van der Waals surface area contributed by atoms with Gasteiger partial charge in [0.2, 0.25) is 5.95 Å². The third-order valence-corrected chi connectivity index (χ3v) is 1.65. The van der Waals surface area contributed by atoms with E-state index in [1.165, 1.54) is 0 Å². The Balaban J connectivity index is 2.39. The van der Waals surface area contributed by atoms with Crippen LogP contribution in [0.2, 0.25) is 0 Å². The molecule has 15 heavy (non-hydrogen) atoms. The number of hydrogen-bond acceptors (Lipinski definition) is 5. The summed E-state index contributed by atoms with van der Waals surface area (Å²) in [6.45, 7) is 3.13. The Hall–Kier alpha value is -1.69. The van der Waals surface area contributed by atoms with Crippen LogP contribution < -0.4 is 10.6 Å². The van der Waals surface area contributed by atoms with E-state index in [-0.39, 0.29) is 6.54 Å². The van der Waals surface area contributed by atoms with E-state index in [2.05, 4.69) is 20.6 Å². The number of aromatic nitrogens is 2. The lowest BCUT2D eigenvalue weighted by atomic mass is 10.3. The second kappa shape index (κ2) is 5.92. The second-order valence-electron chi connectivity index (χ2n) is 2.94. The number of rotatable bonds is 6. The fraction of sp³-hybridized carbons (Fsp3) is 0.444. The van der Waals surface area contributed by atoms with Crippen molar-refractivity contribution in [3.05, 3.63) is 18.0 Å². The largest absolute Gasteiger partial charge is 0.480 e. The van der Waals surface area contributed by atoms with Gasteiger partial charge < -0.3 is 15.7 Å². The molecule has 1 rings (SSSR count). The molecular formula is C9H14N4O2. The van der Waals surface area contributed by atoms with Crippen molar-refractivity contribution in [1.82, 2.24) is 15.3 Å². The molecule has 1 heterocycles. The average molecular weight is 210 g/mol. The quantitative estimate of drug-likeness (QED) is 0.616. The van der Waals surface area contributed by atoms with Gasteiger partial charge in [0.1, 0.15) is 0 Å². The minimum Gasteiger partial charge on any atom is -0.480 e. The van der Waals surface area contributed by atoms with Gasteiger partial charge in [0, 0.05) is 31.0 Å². The van der Waals surface area contributed by atoms with E-state index in [1.807, 2.05) is 6.92 Å². The third kappa shape index (κ3) is 4.37. The van der Waals surface area contributed by atoms with Crippen LogP contribution in [-0.4, -0.2) is 34.1 Å². The van der Waals surface area contributed by atoms with Crippen LogP contribution in [0, 0.1) is 0 Å². The Morgan fingerprint density at radius 3 is 2.67 bits per heavy atom. The molecule has 0 unspecified atom stereocenters. The van der Waals surface area contributed by atoms with Crippen LogP contribution in [0.5, 0.6) is 0 Å². The maximum atomic E-state index is 10.2. The molecule has 6 nitrogen and oxygen atoms in total. The summed E-state index contributed by atoms with van der Waals surface area (Å²) < 4.78 is 0. The van der Waals surface area contributed by atoms with E-state index in [0.29, 0.717) is 12.5 Å². The number of carboxylic acid groups (broad SMARTS) is 1. The first kappa shape index (κ1) is 11.4. The fourth-order valence-corrected chi connectivity index (χ4v) is 1.01. The molecule has 0 saturated carbocycles. The summed E-state index contributed by atoms with van der Waals surface area (Å²) in [6.07, 6.45) is 3.33. The molecule has 0 amide bonds. The minimum absolute atomic E-state index is 0.0606. The van der Waals surface area contributed by atoms with Crippen LogP contribution in [0.15, 0.2) is 12.4 Å². The number of carbonyl (C=O) groups is 1. The molecule has 0 spiro atoms. The maximum absolute atomic E-state index is 10.2. The average Bonchev–Trinajstić information content (AvgIpc) is 2.20. The Bertz CT molecular complexity index is 312. The van der Waals surface area contributed by atoms with Crippen molar-refractivity contribution in [2.24, 2.45) is 0 Å². The van der Waals surface area contributed by atoms with Gasteiger partial charge in [-0.25, -0.2) is 9.97 Å². The predicted molar refractivity (Wildman–Crippen MR) is 55.5 cm³/mol. The molecular weight excluding hydrogens is 196 g/mol. The Morgan fingerprint density at radius 2 is 2.13 bits per heavy atom. The molecule has 0 aliphatic rings. The van der Waals surface area contributed by atoms with Gasteiger partial charge in [-0.3, -0.25) is 4.79 Å². The molecule has 0 aliphatic carbocycles. The Kier molecular flexibility index (Phi) is 4.49. The van der Waals surface area contributed by atoms with E-state index in [1.54, 1.807) is 12.4 Å². The lowest BCUT2D eigenvalue weighted by Gasteiger charge is -2.03. The first-order valence-corrected chi connectivity index (χ1v) is 4.69. The number of nitrogens with zero attached hydrogens (tertiary/aromatic N) is 2. The molecule has 0 atom stereocenters. The lowest BCUT2D eigenvalue weighted by Crippen LogP contribution is -2.22. The van der Waals surface area contributed by atoms with Crippen molar-refractivity contribution in [3.63, 3.8) is 0 Å². The fourth-order valence-electron chi connectivity index (χ4n) is 1.01. The van der Waals surface area contributed by atoms with Crippen molar-refractivity contribution in [2.45, 2.75) is 13.5 Å². The third-order valence-electron chi connectivity index (χ3n) is 1.65. The summed E-state index contributed by atoms with van der Waals surface area (Å²) in [6, 6.07) is 0. The molecule has 3 N–H and O–H groups in total. The second-order valence-corrected chi connectivity index (χ2v) is 2.94. The molecule has 0 saturated heterocycles. The molecule has 0 aromatic carbocycles. The molecule has 0 fully saturated rings. The topological polar surface area (TPSA) is 87.1 Å². The van der Waals surface area contributed by atoms with E-state index in [9.17, 15) is 4.79 Å². The highest BCUT2D eigenvalue weighted by atomic mass is 16.4. The van der Waals surface area contributed by atoms with Gasteiger partial charge in [0.05, 0.1) is 6.54 Å². The monoisotopic (exact) mass is 210 g/mol. The molecule has 1 aromatic heterocycles. The summed E-state index contributed by atoms with van der Waals surface area (Å²) in [4.78, 5) is 18.3. The summed E-state index contributed by atoms with van der Waals surface area (Å²) in [5, 5.41) is 14.1. The first-order valence-electron chi connectivity index (χ1n) is 4.69.